The third-order valence-electron chi connectivity index (χ3n) is 2.23. The van der Waals surface area contributed by atoms with Crippen LogP contribution in [0.15, 0.2) is 24.3 Å². The first-order valence-electron chi connectivity index (χ1n) is 4.75. The first-order valence-corrected chi connectivity index (χ1v) is 8.25. The summed E-state index contributed by atoms with van der Waals surface area (Å²) >= 11 is 0. The van der Waals surface area contributed by atoms with E-state index >= 15 is 0 Å². The Morgan fingerprint density at radius 2 is 1.60 bits per heavy atom. The van der Waals surface area contributed by atoms with E-state index in [0.717, 1.165) is 5.19 Å². The van der Waals surface area contributed by atoms with Gasteiger partial charge in [0.1, 0.15) is 0 Å². The van der Waals surface area contributed by atoms with Crippen molar-refractivity contribution in [3.05, 3.63) is 29.8 Å². The zero-order chi connectivity index (χ0) is 11.6. The summed E-state index contributed by atoms with van der Waals surface area (Å²) in [4.78, 5) is 11.0. The number of halogens is 2. The Bertz CT molecular complexity index is 352. The highest BCUT2D eigenvalue weighted by Crippen LogP contribution is 2.08. The van der Waals surface area contributed by atoms with Gasteiger partial charge in [0, 0.05) is 5.56 Å². The molecule has 0 aromatic heterocycles. The molecule has 0 saturated heterocycles. The Morgan fingerprint density at radius 1 is 1.13 bits per heavy atom. The molecule has 0 fully saturated rings. The van der Waals surface area contributed by atoms with Gasteiger partial charge in [0.25, 0.3) is 0 Å². The second-order valence-corrected chi connectivity index (χ2v) is 9.57. The zero-order valence-electron chi connectivity index (χ0n) is 9.05. The minimum Gasteiger partial charge on any atom is -0.288 e. The Morgan fingerprint density at radius 3 is 1.93 bits per heavy atom. The maximum atomic E-state index is 12.1. The first kappa shape index (κ1) is 12.0. The number of hydrogen-bond donors (Lipinski definition) is 0. The molecule has 0 saturated carbocycles. The van der Waals surface area contributed by atoms with E-state index in [9.17, 15) is 13.6 Å². The van der Waals surface area contributed by atoms with Gasteiger partial charge in [-0.2, -0.15) is 0 Å². The van der Waals surface area contributed by atoms with E-state index in [1.54, 1.807) is 12.1 Å². The van der Waals surface area contributed by atoms with Crippen molar-refractivity contribution in [1.82, 2.24) is 0 Å². The minimum absolute atomic E-state index is 0.0898. The van der Waals surface area contributed by atoms with Crippen LogP contribution < -0.4 is 5.19 Å². The summed E-state index contributed by atoms with van der Waals surface area (Å²) in [7, 11) is -1.42. The molecule has 82 valence electrons. The average molecular weight is 228 g/mol. The zero-order valence-corrected chi connectivity index (χ0v) is 10.1. The quantitative estimate of drug-likeness (QED) is 0.574. The van der Waals surface area contributed by atoms with Crippen molar-refractivity contribution in [3.8, 4) is 0 Å². The summed E-state index contributed by atoms with van der Waals surface area (Å²) in [6, 6.07) is 6.54. The number of benzene rings is 1. The Hall–Kier alpha value is -1.03. The van der Waals surface area contributed by atoms with Crippen LogP contribution in [0.25, 0.3) is 0 Å². The molecule has 1 aromatic rings. The van der Waals surface area contributed by atoms with E-state index in [0.29, 0.717) is 0 Å². The van der Waals surface area contributed by atoms with E-state index in [1.807, 2.05) is 0 Å². The highest BCUT2D eigenvalue weighted by atomic mass is 28.3. The van der Waals surface area contributed by atoms with Crippen molar-refractivity contribution in [2.75, 3.05) is 0 Å². The van der Waals surface area contributed by atoms with Crippen molar-refractivity contribution >= 4 is 19.0 Å². The molecule has 0 N–H and O–H groups in total. The molecule has 0 atom stereocenters. The molecular weight excluding hydrogens is 214 g/mol. The number of ketones is 1. The van der Waals surface area contributed by atoms with Crippen LogP contribution >= 0.6 is 0 Å². The molecule has 4 heteroatoms. The third-order valence-corrected chi connectivity index (χ3v) is 4.30. The van der Waals surface area contributed by atoms with Crippen molar-refractivity contribution in [1.29, 1.82) is 0 Å². The molecule has 0 aliphatic carbocycles. The number of rotatable bonds is 3. The smallest absolute Gasteiger partial charge is 0.288 e. The second-order valence-electron chi connectivity index (χ2n) is 4.49. The fraction of sp³-hybridized carbons (Fsp3) is 0.364. The number of alkyl halides is 2. The largest absolute Gasteiger partial charge is 0.300 e. The van der Waals surface area contributed by atoms with Gasteiger partial charge in [0.05, 0.1) is 8.07 Å². The van der Waals surface area contributed by atoms with Gasteiger partial charge in [-0.1, -0.05) is 49.1 Å². The van der Waals surface area contributed by atoms with Crippen LogP contribution in [0.3, 0.4) is 0 Å². The molecule has 1 rings (SSSR count). The highest BCUT2D eigenvalue weighted by molar-refractivity contribution is 6.88. The molecule has 0 aliphatic rings. The van der Waals surface area contributed by atoms with E-state index in [4.69, 9.17) is 0 Å². The predicted octanol–water partition coefficient (Wildman–Crippen LogP) is 2.68. The Labute approximate surface area is 89.1 Å². The predicted molar refractivity (Wildman–Crippen MR) is 59.8 cm³/mol. The van der Waals surface area contributed by atoms with Gasteiger partial charge in [0.2, 0.25) is 5.78 Å². The van der Waals surface area contributed by atoms with Gasteiger partial charge >= 0.3 is 6.43 Å². The van der Waals surface area contributed by atoms with E-state index in [-0.39, 0.29) is 5.56 Å². The summed E-state index contributed by atoms with van der Waals surface area (Å²) < 4.78 is 24.2. The van der Waals surface area contributed by atoms with E-state index in [1.165, 1.54) is 12.1 Å². The normalized spacial score (nSPS) is 11.9. The summed E-state index contributed by atoms with van der Waals surface area (Å²) in [6.07, 6.45) is -2.91. The summed E-state index contributed by atoms with van der Waals surface area (Å²) in [5.41, 5.74) is 0.0898. The maximum Gasteiger partial charge on any atom is 0.300 e. The number of Topliss-reactive ketones (excluding diaryl/α,β-unsaturated/α-hetero) is 1. The van der Waals surface area contributed by atoms with Gasteiger partial charge in [-0.3, -0.25) is 4.79 Å². The molecule has 1 aromatic carbocycles. The van der Waals surface area contributed by atoms with Crippen molar-refractivity contribution in [2.24, 2.45) is 0 Å². The molecule has 0 bridgehead atoms. The van der Waals surface area contributed by atoms with Gasteiger partial charge in [0.15, 0.2) is 0 Å². The van der Waals surface area contributed by atoms with Gasteiger partial charge < -0.3 is 0 Å². The summed E-state index contributed by atoms with van der Waals surface area (Å²) in [6.45, 7) is 6.49. The van der Waals surface area contributed by atoms with Gasteiger partial charge in [-0.25, -0.2) is 8.78 Å². The highest BCUT2D eigenvalue weighted by Gasteiger charge is 2.20. The molecule has 0 heterocycles. The van der Waals surface area contributed by atoms with E-state index in [2.05, 4.69) is 19.6 Å². The van der Waals surface area contributed by atoms with Gasteiger partial charge in [-0.15, -0.1) is 0 Å². The van der Waals surface area contributed by atoms with Crippen LogP contribution in [0.1, 0.15) is 10.4 Å². The van der Waals surface area contributed by atoms with Crippen LogP contribution in [0.5, 0.6) is 0 Å². The maximum absolute atomic E-state index is 12.1. The number of carbonyl (C=O) groups is 1. The first-order chi connectivity index (χ1) is 6.82. The topological polar surface area (TPSA) is 17.1 Å². The Kier molecular flexibility index (Phi) is 3.39. The van der Waals surface area contributed by atoms with Crippen LogP contribution in [0.4, 0.5) is 8.78 Å². The molecule has 0 spiro atoms. The second kappa shape index (κ2) is 4.22. The Balaban J connectivity index is 2.96. The van der Waals surface area contributed by atoms with Gasteiger partial charge in [-0.05, 0) is 0 Å². The van der Waals surface area contributed by atoms with Crippen LogP contribution in [0.2, 0.25) is 19.6 Å². The van der Waals surface area contributed by atoms with Crippen LogP contribution in [0, 0.1) is 0 Å². The standard InChI is InChI=1S/C11H14F2OSi/c1-15(2,3)9-6-4-8(5-7-9)10(14)11(12)13/h4-7,11H,1-3H3. The molecule has 0 amide bonds. The lowest BCUT2D eigenvalue weighted by Gasteiger charge is -2.16. The third kappa shape index (κ3) is 2.96. The molecule has 0 radical (unpaired) electrons. The molecule has 0 aliphatic heterocycles. The lowest BCUT2D eigenvalue weighted by atomic mass is 10.1. The monoisotopic (exact) mass is 228 g/mol. The number of carbonyl (C=O) groups excluding carboxylic acids is 1. The number of hydrogen-bond acceptors (Lipinski definition) is 1. The lowest BCUT2D eigenvalue weighted by Crippen LogP contribution is -2.37. The molecule has 15 heavy (non-hydrogen) atoms. The fourth-order valence-corrected chi connectivity index (χ4v) is 2.43. The van der Waals surface area contributed by atoms with Crippen molar-refractivity contribution < 1.29 is 13.6 Å². The van der Waals surface area contributed by atoms with Crippen molar-refractivity contribution in [3.63, 3.8) is 0 Å². The van der Waals surface area contributed by atoms with Crippen LogP contribution in [-0.2, 0) is 0 Å². The minimum atomic E-state index is -2.91. The summed E-state index contributed by atoms with van der Waals surface area (Å²) in [5.74, 6) is -1.10. The average Bonchev–Trinajstić information content (AvgIpc) is 2.15. The lowest BCUT2D eigenvalue weighted by molar-refractivity contribution is 0.0679. The van der Waals surface area contributed by atoms with Crippen LogP contribution in [-0.4, -0.2) is 20.3 Å². The summed E-state index contributed by atoms with van der Waals surface area (Å²) in [5, 5.41) is 1.16. The molecule has 0 unspecified atom stereocenters. The van der Waals surface area contributed by atoms with Crippen molar-refractivity contribution in [2.45, 2.75) is 26.1 Å². The molecular formula is C11H14F2OSi. The fourth-order valence-electron chi connectivity index (χ4n) is 1.26. The molecule has 1 nitrogen and oxygen atoms in total. The van der Waals surface area contributed by atoms with E-state index < -0.39 is 20.3 Å². The SMILES string of the molecule is C[Si](C)(C)c1ccc(C(=O)C(F)F)cc1.